The van der Waals surface area contributed by atoms with Crippen molar-refractivity contribution in [3.63, 3.8) is 0 Å². The van der Waals surface area contributed by atoms with Crippen LogP contribution in [0.5, 0.6) is 0 Å². The lowest BCUT2D eigenvalue weighted by molar-refractivity contribution is -0.140. The van der Waals surface area contributed by atoms with Gasteiger partial charge >= 0.3 is 5.97 Å². The van der Waals surface area contributed by atoms with Crippen LogP contribution in [0.3, 0.4) is 0 Å². The third kappa shape index (κ3) is 30.6. The molecule has 0 aliphatic rings. The molecular weight excluding hydrogens is 508 g/mol. The van der Waals surface area contributed by atoms with E-state index in [4.69, 9.17) is 9.47 Å². The highest BCUT2D eigenvalue weighted by Gasteiger charge is 2.19. The minimum atomic E-state index is -0.332. The number of hydrogen-bond acceptors (Lipinski definition) is 4. The fraction of sp³-hybridized carbons (Fsp3) is 0.973. The van der Waals surface area contributed by atoms with Gasteiger partial charge in [0.2, 0.25) is 0 Å². The van der Waals surface area contributed by atoms with Crippen molar-refractivity contribution < 1.29 is 19.4 Å². The van der Waals surface area contributed by atoms with Crippen LogP contribution in [0, 0.1) is 0 Å². The average Bonchev–Trinajstić information content (AvgIpc) is 2.98. The van der Waals surface area contributed by atoms with Crippen molar-refractivity contribution in [1.82, 2.24) is 0 Å². The number of rotatable bonds is 34. The first-order chi connectivity index (χ1) is 20.2. The van der Waals surface area contributed by atoms with Gasteiger partial charge in [-0.05, 0) is 25.7 Å². The molecule has 0 radical (unpaired) electrons. The first kappa shape index (κ1) is 40.4. The third-order valence-electron chi connectivity index (χ3n) is 8.71. The van der Waals surface area contributed by atoms with Crippen LogP contribution in [0.1, 0.15) is 206 Å². The average molecular weight is 583 g/mol. The van der Waals surface area contributed by atoms with Crippen molar-refractivity contribution in [1.29, 1.82) is 0 Å². The molecule has 41 heavy (non-hydrogen) atoms. The number of aliphatic hydroxyl groups is 1. The van der Waals surface area contributed by atoms with E-state index in [0.717, 1.165) is 64.4 Å². The molecule has 1 N–H and O–H groups in total. The fourth-order valence-electron chi connectivity index (χ4n) is 5.84. The van der Waals surface area contributed by atoms with Crippen LogP contribution in [0.2, 0.25) is 0 Å². The third-order valence-corrected chi connectivity index (χ3v) is 8.71. The van der Waals surface area contributed by atoms with Gasteiger partial charge < -0.3 is 14.6 Å². The van der Waals surface area contributed by atoms with Crippen molar-refractivity contribution >= 4 is 5.97 Å². The number of esters is 1. The molecule has 0 aromatic rings. The number of carbonyl (C=O) groups excluding carboxylic acids is 1. The molecule has 0 amide bonds. The Balaban J connectivity index is 3.90. The second kappa shape index (κ2) is 33.9. The van der Waals surface area contributed by atoms with Gasteiger partial charge in [-0.3, -0.25) is 4.79 Å². The van der Waals surface area contributed by atoms with Gasteiger partial charge in [0.05, 0.1) is 19.3 Å². The summed E-state index contributed by atoms with van der Waals surface area (Å²) >= 11 is 0. The maximum absolute atomic E-state index is 11.3. The number of methoxy groups -OCH3 is 1. The van der Waals surface area contributed by atoms with E-state index in [2.05, 4.69) is 13.8 Å². The van der Waals surface area contributed by atoms with Gasteiger partial charge in [0.15, 0.2) is 0 Å². The second-order valence-corrected chi connectivity index (χ2v) is 12.7. The zero-order valence-electron chi connectivity index (χ0n) is 28.2. The summed E-state index contributed by atoms with van der Waals surface area (Å²) in [6.45, 7) is 5.33. The lowest BCUT2D eigenvalue weighted by Crippen LogP contribution is -2.29. The molecule has 0 fully saturated rings. The predicted octanol–water partition coefficient (Wildman–Crippen LogP) is 11.6. The minimum absolute atomic E-state index is 0.0166. The molecule has 4 heteroatoms. The van der Waals surface area contributed by atoms with Gasteiger partial charge in [-0.15, -0.1) is 0 Å². The van der Waals surface area contributed by atoms with Crippen molar-refractivity contribution in [2.45, 2.75) is 219 Å². The van der Waals surface area contributed by atoms with Gasteiger partial charge in [0.25, 0.3) is 0 Å². The molecule has 0 bridgehead atoms. The Kier molecular flexibility index (Phi) is 33.4. The van der Waals surface area contributed by atoms with Gasteiger partial charge in [-0.25, -0.2) is 0 Å². The van der Waals surface area contributed by atoms with Crippen molar-refractivity contribution in [2.24, 2.45) is 0 Å². The molecular formula is C37H74O4. The van der Waals surface area contributed by atoms with E-state index in [0.29, 0.717) is 6.42 Å². The van der Waals surface area contributed by atoms with E-state index in [9.17, 15) is 9.90 Å². The zero-order valence-corrected chi connectivity index (χ0v) is 28.2. The van der Waals surface area contributed by atoms with Crippen molar-refractivity contribution in [3.05, 3.63) is 0 Å². The van der Waals surface area contributed by atoms with Crippen LogP contribution in [-0.2, 0) is 14.3 Å². The van der Waals surface area contributed by atoms with Crippen LogP contribution >= 0.6 is 0 Å². The summed E-state index contributed by atoms with van der Waals surface area (Å²) in [7, 11) is 1.46. The zero-order chi connectivity index (χ0) is 30.1. The van der Waals surface area contributed by atoms with Gasteiger partial charge in [-0.2, -0.15) is 0 Å². The van der Waals surface area contributed by atoms with E-state index in [-0.39, 0.29) is 18.2 Å². The van der Waals surface area contributed by atoms with Crippen LogP contribution in [0.25, 0.3) is 0 Å². The van der Waals surface area contributed by atoms with Crippen molar-refractivity contribution in [3.8, 4) is 0 Å². The van der Waals surface area contributed by atoms with Gasteiger partial charge in [-0.1, -0.05) is 174 Å². The lowest BCUT2D eigenvalue weighted by atomic mass is 9.99. The fourth-order valence-corrected chi connectivity index (χ4v) is 5.84. The number of ether oxygens (including phenoxy) is 2. The van der Waals surface area contributed by atoms with Crippen LogP contribution < -0.4 is 0 Å². The molecule has 0 saturated carbocycles. The van der Waals surface area contributed by atoms with E-state index >= 15 is 0 Å². The summed E-state index contributed by atoms with van der Waals surface area (Å²) in [5.41, 5.74) is 0. The summed E-state index contributed by atoms with van der Waals surface area (Å²) in [6, 6.07) is 0. The standard InChI is InChI=1S/C37H74O4/c1-4-6-8-10-12-13-14-15-16-17-18-19-20-21-26-30-34-41-36(35(38)31-27-23-11-9-7-5-2)32-28-24-22-25-29-33-37(39)40-3/h35-36,38H,4-34H2,1-3H3. The van der Waals surface area contributed by atoms with E-state index in [1.165, 1.54) is 136 Å². The molecule has 0 aromatic carbocycles. The summed E-state index contributed by atoms with van der Waals surface area (Å²) in [5.74, 6) is -0.106. The molecule has 2 atom stereocenters. The molecule has 246 valence electrons. The molecule has 0 aliphatic heterocycles. The Bertz CT molecular complexity index is 509. The molecule has 0 saturated heterocycles. The molecule has 2 unspecified atom stereocenters. The summed E-state index contributed by atoms with van der Waals surface area (Å²) in [5, 5.41) is 10.9. The van der Waals surface area contributed by atoms with Crippen molar-refractivity contribution in [2.75, 3.05) is 13.7 Å². The maximum Gasteiger partial charge on any atom is 0.305 e. The Labute approximate surface area is 257 Å². The molecule has 0 aromatic heterocycles. The number of unbranched alkanes of at least 4 members (excludes halogenated alkanes) is 24. The highest BCUT2D eigenvalue weighted by Crippen LogP contribution is 2.19. The Morgan fingerprint density at radius 1 is 0.512 bits per heavy atom. The van der Waals surface area contributed by atoms with E-state index < -0.39 is 0 Å². The molecule has 0 heterocycles. The molecule has 0 aliphatic carbocycles. The van der Waals surface area contributed by atoms with Gasteiger partial charge in [0, 0.05) is 13.0 Å². The maximum atomic E-state index is 11.3. The Morgan fingerprint density at radius 2 is 0.878 bits per heavy atom. The number of hydrogen-bond donors (Lipinski definition) is 1. The van der Waals surface area contributed by atoms with Crippen LogP contribution in [0.4, 0.5) is 0 Å². The lowest BCUT2D eigenvalue weighted by Gasteiger charge is -2.24. The summed E-state index contributed by atoms with van der Waals surface area (Å²) in [4.78, 5) is 11.3. The van der Waals surface area contributed by atoms with Crippen LogP contribution in [0.15, 0.2) is 0 Å². The molecule has 4 nitrogen and oxygen atoms in total. The van der Waals surface area contributed by atoms with Crippen LogP contribution in [-0.4, -0.2) is 37.0 Å². The smallest absolute Gasteiger partial charge is 0.305 e. The number of aliphatic hydroxyl groups excluding tert-OH is 1. The van der Waals surface area contributed by atoms with Gasteiger partial charge in [0.1, 0.15) is 0 Å². The monoisotopic (exact) mass is 583 g/mol. The Hall–Kier alpha value is -0.610. The molecule has 0 rings (SSSR count). The Morgan fingerprint density at radius 3 is 1.32 bits per heavy atom. The number of carbonyl (C=O) groups is 1. The SMILES string of the molecule is CCCCCCCCCCCCCCCCCCOC(CCCCCCCC(=O)OC)C(O)CCCCCCCC. The second-order valence-electron chi connectivity index (χ2n) is 12.7. The first-order valence-electron chi connectivity index (χ1n) is 18.5. The quantitative estimate of drug-likeness (QED) is 0.0605. The first-order valence-corrected chi connectivity index (χ1v) is 18.5. The normalized spacial score (nSPS) is 13.0. The summed E-state index contributed by atoms with van der Waals surface area (Å²) < 4.78 is 11.0. The largest absolute Gasteiger partial charge is 0.469 e. The van der Waals surface area contributed by atoms with E-state index in [1.807, 2.05) is 0 Å². The molecule has 0 spiro atoms. The minimum Gasteiger partial charge on any atom is -0.469 e. The highest BCUT2D eigenvalue weighted by atomic mass is 16.5. The highest BCUT2D eigenvalue weighted by molar-refractivity contribution is 5.68. The topological polar surface area (TPSA) is 55.8 Å². The summed E-state index contributed by atoms with van der Waals surface area (Å²) in [6.07, 6.45) is 37.0. The predicted molar refractivity (Wildman–Crippen MR) is 178 cm³/mol. The van der Waals surface area contributed by atoms with E-state index in [1.54, 1.807) is 0 Å².